The highest BCUT2D eigenvalue weighted by molar-refractivity contribution is 5.81. The van der Waals surface area contributed by atoms with Crippen LogP contribution in [0.5, 0.6) is 0 Å². The number of carbonyl (C=O) groups excluding carboxylic acids is 1. The van der Waals surface area contributed by atoms with Gasteiger partial charge in [-0.1, -0.05) is 59.0 Å². The van der Waals surface area contributed by atoms with Gasteiger partial charge in [0.05, 0.1) is 44.0 Å². The Morgan fingerprint density at radius 2 is 2.02 bits per heavy atom. The molecule has 0 bridgehead atoms. The number of hydrogen-bond acceptors (Lipinski definition) is 7. The van der Waals surface area contributed by atoms with Crippen LogP contribution in [0.4, 0.5) is 0 Å². The number of nitriles is 1. The van der Waals surface area contributed by atoms with E-state index < -0.39 is 12.1 Å². The summed E-state index contributed by atoms with van der Waals surface area (Å²) in [5, 5.41) is 16.6. The van der Waals surface area contributed by atoms with Crippen LogP contribution in [0.15, 0.2) is 11.6 Å². The number of unbranched alkanes of at least 4 members (excludes halogenated alkanes) is 4. The van der Waals surface area contributed by atoms with Crippen LogP contribution in [0.3, 0.4) is 0 Å². The quantitative estimate of drug-likeness (QED) is 0.126. The first-order chi connectivity index (χ1) is 19.6. The summed E-state index contributed by atoms with van der Waals surface area (Å²) < 4.78 is 13.6. The molecular weight excluding hydrogens is 516 g/mol. The van der Waals surface area contributed by atoms with E-state index in [4.69, 9.17) is 20.9 Å². The summed E-state index contributed by atoms with van der Waals surface area (Å²) in [6.07, 6.45) is 14.4. The van der Waals surface area contributed by atoms with Crippen molar-refractivity contribution in [3.05, 3.63) is 11.6 Å². The minimum Gasteiger partial charge on any atom is -0.382 e. The minimum absolute atomic E-state index is 0.0140. The largest absolute Gasteiger partial charge is 0.382 e. The van der Waals surface area contributed by atoms with Crippen LogP contribution in [-0.2, 0) is 14.3 Å². The highest BCUT2D eigenvalue weighted by Gasteiger charge is 2.64. The molecule has 9 heteroatoms. The maximum Gasteiger partial charge on any atom is 0.233 e. The monoisotopic (exact) mass is 573 g/mol. The van der Waals surface area contributed by atoms with Crippen LogP contribution in [0.2, 0.25) is 0 Å². The number of nitrogens with two attached hydrogens (primary N) is 2. The molecule has 1 saturated heterocycles. The molecule has 2 fully saturated rings. The van der Waals surface area contributed by atoms with Crippen molar-refractivity contribution in [1.29, 1.82) is 5.26 Å². The van der Waals surface area contributed by atoms with Gasteiger partial charge >= 0.3 is 0 Å². The number of nitrogens with zero attached hydrogens (tertiary/aromatic N) is 2. The molecule has 9 nitrogen and oxygen atoms in total. The van der Waals surface area contributed by atoms with E-state index in [0.29, 0.717) is 19.6 Å². The molecule has 1 aliphatic carbocycles. The average molecular weight is 574 g/mol. The van der Waals surface area contributed by atoms with Crippen molar-refractivity contribution < 1.29 is 18.8 Å². The van der Waals surface area contributed by atoms with Gasteiger partial charge in [-0.3, -0.25) is 4.79 Å². The van der Waals surface area contributed by atoms with Gasteiger partial charge < -0.3 is 31.6 Å². The number of allylic oxidation sites excluding steroid dienone is 2. The Morgan fingerprint density at radius 1 is 1.27 bits per heavy atom. The molecule has 0 radical (unpaired) electrons. The predicted molar refractivity (Wildman–Crippen MR) is 163 cm³/mol. The van der Waals surface area contributed by atoms with Crippen molar-refractivity contribution in [2.75, 3.05) is 33.9 Å². The van der Waals surface area contributed by atoms with Gasteiger partial charge in [0.15, 0.2) is 12.3 Å². The van der Waals surface area contributed by atoms with Crippen molar-refractivity contribution in [2.24, 2.45) is 28.2 Å². The molecule has 7 atom stereocenters. The molecule has 232 valence electrons. The van der Waals surface area contributed by atoms with Crippen molar-refractivity contribution >= 4 is 12.1 Å². The molecular formula is C32H57N6O3+. The lowest BCUT2D eigenvalue weighted by Gasteiger charge is -2.40. The van der Waals surface area contributed by atoms with Gasteiger partial charge in [-0.05, 0) is 43.1 Å². The van der Waals surface area contributed by atoms with E-state index >= 15 is 0 Å². The second-order valence-electron chi connectivity index (χ2n) is 12.9. The molecule has 0 aromatic heterocycles. The Kier molecular flexibility index (Phi) is 12.8. The molecule has 3 rings (SSSR count). The molecule has 41 heavy (non-hydrogen) atoms. The second-order valence-corrected chi connectivity index (χ2v) is 12.9. The summed E-state index contributed by atoms with van der Waals surface area (Å²) in [6, 6.07) is 2.07. The lowest BCUT2D eigenvalue weighted by molar-refractivity contribution is -0.544. The Labute approximate surface area is 248 Å². The normalized spacial score (nSPS) is 32.2. The molecule has 0 aromatic carbocycles. The number of amides is 1. The molecule has 2 heterocycles. The van der Waals surface area contributed by atoms with Gasteiger partial charge in [0, 0.05) is 25.1 Å². The Morgan fingerprint density at radius 3 is 2.68 bits per heavy atom. The van der Waals surface area contributed by atoms with E-state index in [2.05, 4.69) is 48.1 Å². The number of fused-ring (bicyclic) bond motifs is 1. The fourth-order valence-corrected chi connectivity index (χ4v) is 7.51. The summed E-state index contributed by atoms with van der Waals surface area (Å²) >= 11 is 0. The minimum atomic E-state index is -0.825. The predicted octanol–water partition coefficient (Wildman–Crippen LogP) is 3.22. The summed E-state index contributed by atoms with van der Waals surface area (Å²) in [5.41, 5.74) is 13.9. The van der Waals surface area contributed by atoms with Crippen molar-refractivity contribution in [3.63, 3.8) is 0 Å². The van der Waals surface area contributed by atoms with Gasteiger partial charge in [0.2, 0.25) is 5.91 Å². The van der Waals surface area contributed by atoms with Gasteiger partial charge in [-0.15, -0.1) is 0 Å². The molecule has 0 spiro atoms. The zero-order chi connectivity index (χ0) is 30.0. The lowest BCUT2D eigenvalue weighted by atomic mass is 9.78. The van der Waals surface area contributed by atoms with E-state index in [1.54, 1.807) is 7.11 Å². The molecule has 2 aliphatic heterocycles. The summed E-state index contributed by atoms with van der Waals surface area (Å²) in [4.78, 5) is 14.2. The molecule has 1 amide bonds. The number of carbonyl (C=O) groups is 1. The number of hydrogen-bond donors (Lipinski definition) is 4. The van der Waals surface area contributed by atoms with Gasteiger partial charge in [-0.25, -0.2) is 4.58 Å². The third-order valence-electron chi connectivity index (χ3n) is 10.1. The van der Waals surface area contributed by atoms with Gasteiger partial charge in [0.1, 0.15) is 13.0 Å². The van der Waals surface area contributed by atoms with Gasteiger partial charge in [-0.2, -0.15) is 5.26 Å². The van der Waals surface area contributed by atoms with E-state index in [0.717, 1.165) is 50.6 Å². The van der Waals surface area contributed by atoms with Crippen LogP contribution < -0.4 is 22.1 Å². The second kappa shape index (κ2) is 15.6. The average Bonchev–Trinajstić information content (AvgIpc) is 3.50. The van der Waals surface area contributed by atoms with Crippen molar-refractivity contribution in [1.82, 2.24) is 10.6 Å². The summed E-state index contributed by atoms with van der Waals surface area (Å²) in [6.45, 7) is 8.60. The molecule has 1 saturated carbocycles. The van der Waals surface area contributed by atoms with E-state index in [-0.39, 0.29) is 41.0 Å². The van der Waals surface area contributed by atoms with E-state index in [9.17, 15) is 10.1 Å². The molecule has 0 aromatic rings. The third-order valence-corrected chi connectivity index (χ3v) is 10.1. The SMILES string of the molecule is CCCCCCCC1NCCC(OCCOC)C1NC(=O)C(C(N)N)C1CC2(CC)CC2(C)C=C(CC#N)C=[N+]1C. The van der Waals surface area contributed by atoms with E-state index in [1.165, 1.54) is 25.7 Å². The number of nitrogens with one attached hydrogen (secondary N) is 2. The molecule has 6 N–H and O–H groups in total. The van der Waals surface area contributed by atoms with Crippen molar-refractivity contribution in [2.45, 2.75) is 122 Å². The molecule has 3 aliphatic rings. The van der Waals surface area contributed by atoms with E-state index in [1.807, 2.05) is 13.3 Å². The maximum atomic E-state index is 14.2. The zero-order valence-corrected chi connectivity index (χ0v) is 26.3. The van der Waals surface area contributed by atoms with Crippen LogP contribution >= 0.6 is 0 Å². The van der Waals surface area contributed by atoms with Crippen LogP contribution in [0.1, 0.15) is 91.4 Å². The first-order valence-electron chi connectivity index (χ1n) is 16.0. The number of piperidine rings is 1. The third kappa shape index (κ3) is 8.39. The molecule has 7 unspecified atom stereocenters. The smallest absolute Gasteiger partial charge is 0.233 e. The highest BCUT2D eigenvalue weighted by atomic mass is 16.5. The first kappa shape index (κ1) is 33.7. The zero-order valence-electron chi connectivity index (χ0n) is 26.3. The van der Waals surface area contributed by atoms with Crippen LogP contribution in [-0.4, -0.2) is 81.0 Å². The Hall–Kier alpha value is -1.83. The summed E-state index contributed by atoms with van der Waals surface area (Å²) in [7, 11) is 3.66. The summed E-state index contributed by atoms with van der Waals surface area (Å²) in [5.74, 6) is -0.729. The number of rotatable bonds is 16. The Balaban J connectivity index is 1.85. The fraction of sp³-hybridized carbons (Fsp3) is 0.844. The topological polar surface area (TPSA) is 138 Å². The maximum absolute atomic E-state index is 14.2. The lowest BCUT2D eigenvalue weighted by Crippen LogP contribution is -2.64. The standard InChI is InChI=1S/C32H56N6O3/c1-6-8-9-10-11-12-24-28(26(14-16-36-24)41-18-17-40-5)37-30(39)27(29(34)35)25-20-32(7-2)22-31(32,3)19-23(13-15-33)21-38(25)4/h19,21,24-29,36H,6-14,16-18,20,22,34-35H2,1-5H3/p+1. The Bertz CT molecular complexity index is 962. The highest BCUT2D eigenvalue weighted by Crippen LogP contribution is 2.70. The first-order valence-corrected chi connectivity index (χ1v) is 16.0. The van der Waals surface area contributed by atoms with Crippen molar-refractivity contribution in [3.8, 4) is 6.07 Å². The van der Waals surface area contributed by atoms with Crippen LogP contribution in [0, 0.1) is 28.1 Å². The number of ether oxygens (including phenoxy) is 2. The fourth-order valence-electron chi connectivity index (χ4n) is 7.51. The number of methoxy groups -OCH3 is 1. The van der Waals surface area contributed by atoms with Gasteiger partial charge in [0.25, 0.3) is 0 Å². The van der Waals surface area contributed by atoms with Crippen LogP contribution in [0.25, 0.3) is 0 Å².